The number of anilines is 1. The summed E-state index contributed by atoms with van der Waals surface area (Å²) in [5.41, 5.74) is 0.122. The highest BCUT2D eigenvalue weighted by Crippen LogP contribution is 2.38. The van der Waals surface area contributed by atoms with Crippen molar-refractivity contribution in [3.8, 4) is 0 Å². The van der Waals surface area contributed by atoms with Gasteiger partial charge in [-0.2, -0.15) is 0 Å². The molecule has 0 radical (unpaired) electrons. The highest BCUT2D eigenvalue weighted by atomic mass is 16.5. The van der Waals surface area contributed by atoms with Crippen LogP contribution in [0.2, 0.25) is 0 Å². The maximum absolute atomic E-state index is 6.53. The molecule has 4 rings (SSSR count). The highest BCUT2D eigenvalue weighted by molar-refractivity contribution is 5.22. The second-order valence-corrected chi connectivity index (χ2v) is 7.20. The normalized spacial score (nSPS) is 32.5. The summed E-state index contributed by atoms with van der Waals surface area (Å²) >= 11 is 0. The molecular weight excluding hydrogens is 276 g/mol. The molecule has 0 amide bonds. The third-order valence-corrected chi connectivity index (χ3v) is 5.24. The predicted molar refractivity (Wildman–Crippen MR) is 85.8 cm³/mol. The number of hydrogen-bond donors (Lipinski definition) is 1. The molecule has 3 heterocycles. The third kappa shape index (κ3) is 3.41. The first-order valence-corrected chi connectivity index (χ1v) is 8.72. The smallest absolute Gasteiger partial charge is 0.222 e. The zero-order valence-corrected chi connectivity index (χ0v) is 13.2. The lowest BCUT2D eigenvalue weighted by Crippen LogP contribution is -2.45. The summed E-state index contributed by atoms with van der Waals surface area (Å²) in [6.07, 6.45) is 11.6. The van der Waals surface area contributed by atoms with Crippen LogP contribution < -0.4 is 5.32 Å². The van der Waals surface area contributed by atoms with Gasteiger partial charge in [-0.1, -0.05) is 0 Å². The molecule has 0 unspecified atom stereocenters. The van der Waals surface area contributed by atoms with E-state index in [0.29, 0.717) is 12.1 Å². The maximum Gasteiger partial charge on any atom is 0.222 e. The number of aromatic nitrogens is 2. The average Bonchev–Trinajstić information content (AvgIpc) is 3.29. The Hall–Kier alpha value is -1.20. The summed E-state index contributed by atoms with van der Waals surface area (Å²) in [5, 5.41) is 3.31. The molecule has 0 bridgehead atoms. The Balaban J connectivity index is 1.30. The Labute approximate surface area is 132 Å². The first kappa shape index (κ1) is 14.4. The van der Waals surface area contributed by atoms with Gasteiger partial charge in [-0.15, -0.1) is 0 Å². The average molecular weight is 302 g/mol. The fraction of sp³-hybridized carbons (Fsp3) is 0.765. The van der Waals surface area contributed by atoms with Gasteiger partial charge in [0.25, 0.3) is 0 Å². The van der Waals surface area contributed by atoms with Crippen molar-refractivity contribution in [2.75, 3.05) is 31.5 Å². The molecule has 2 atom stereocenters. The lowest BCUT2D eigenvalue weighted by Gasteiger charge is -2.39. The fourth-order valence-corrected chi connectivity index (χ4v) is 3.91. The van der Waals surface area contributed by atoms with E-state index in [-0.39, 0.29) is 5.60 Å². The number of hydrogen-bond acceptors (Lipinski definition) is 5. The minimum absolute atomic E-state index is 0.122. The van der Waals surface area contributed by atoms with Crippen molar-refractivity contribution in [3.63, 3.8) is 0 Å². The molecule has 22 heavy (non-hydrogen) atoms. The summed E-state index contributed by atoms with van der Waals surface area (Å²) in [5.74, 6) is 1.68. The van der Waals surface area contributed by atoms with Gasteiger partial charge in [0.1, 0.15) is 0 Å². The Kier molecular flexibility index (Phi) is 4.01. The topological polar surface area (TPSA) is 50.3 Å². The van der Waals surface area contributed by atoms with E-state index in [1.54, 1.807) is 12.4 Å². The Morgan fingerprint density at radius 2 is 2.09 bits per heavy atom. The highest BCUT2D eigenvalue weighted by Gasteiger charge is 2.43. The van der Waals surface area contributed by atoms with Crippen molar-refractivity contribution in [2.24, 2.45) is 5.92 Å². The van der Waals surface area contributed by atoms with Crippen molar-refractivity contribution in [1.82, 2.24) is 14.9 Å². The number of nitrogens with one attached hydrogen (secondary N) is 1. The van der Waals surface area contributed by atoms with Crippen molar-refractivity contribution in [3.05, 3.63) is 18.5 Å². The molecule has 5 heteroatoms. The van der Waals surface area contributed by atoms with Crippen molar-refractivity contribution in [1.29, 1.82) is 0 Å². The SMILES string of the molecule is c1cnc(NC[C@@H]2CCC[C@@]3(CCN(CC4CC4)C3)O2)nc1. The summed E-state index contributed by atoms with van der Waals surface area (Å²) in [4.78, 5) is 11.1. The largest absolute Gasteiger partial charge is 0.369 e. The summed E-state index contributed by atoms with van der Waals surface area (Å²) in [6.45, 7) is 4.47. The fourth-order valence-electron chi connectivity index (χ4n) is 3.91. The molecule has 120 valence electrons. The number of rotatable bonds is 5. The molecule has 1 N–H and O–H groups in total. The van der Waals surface area contributed by atoms with Crippen molar-refractivity contribution >= 4 is 5.95 Å². The molecule has 1 aliphatic carbocycles. The van der Waals surface area contributed by atoms with Crippen molar-refractivity contribution in [2.45, 2.75) is 50.2 Å². The molecule has 0 aromatic carbocycles. The molecule has 2 aliphatic heterocycles. The molecule has 1 saturated carbocycles. The quantitative estimate of drug-likeness (QED) is 0.904. The Morgan fingerprint density at radius 1 is 1.23 bits per heavy atom. The first-order chi connectivity index (χ1) is 10.8. The minimum Gasteiger partial charge on any atom is -0.369 e. The molecule has 3 fully saturated rings. The van der Waals surface area contributed by atoms with E-state index in [4.69, 9.17) is 4.74 Å². The van der Waals surface area contributed by atoms with Gasteiger partial charge in [-0.3, -0.25) is 0 Å². The van der Waals surface area contributed by atoms with Gasteiger partial charge < -0.3 is 15.0 Å². The van der Waals surface area contributed by atoms with Crippen molar-refractivity contribution < 1.29 is 4.74 Å². The summed E-state index contributed by atoms with van der Waals surface area (Å²) in [7, 11) is 0. The molecule has 2 saturated heterocycles. The van der Waals surface area contributed by atoms with E-state index < -0.39 is 0 Å². The van der Waals surface area contributed by atoms with E-state index in [9.17, 15) is 0 Å². The van der Waals surface area contributed by atoms with Gasteiger partial charge in [0.2, 0.25) is 5.95 Å². The molecule has 5 nitrogen and oxygen atoms in total. The van der Waals surface area contributed by atoms with E-state index in [2.05, 4.69) is 20.2 Å². The molecular formula is C17H26N4O. The lowest BCUT2D eigenvalue weighted by molar-refractivity contribution is -0.115. The standard InChI is InChI=1S/C17H26N4O/c1-3-15(11-20-16-18-8-2-9-19-16)22-17(6-1)7-10-21(13-17)12-14-4-5-14/h2,8-9,14-15H,1,3-7,10-13H2,(H,18,19,20)/t15-,17-/m0/s1. The Morgan fingerprint density at radius 3 is 2.91 bits per heavy atom. The molecule has 1 aromatic rings. The van der Waals surface area contributed by atoms with E-state index in [0.717, 1.165) is 25.4 Å². The van der Waals surface area contributed by atoms with Crippen LogP contribution in [0.5, 0.6) is 0 Å². The van der Waals surface area contributed by atoms with Crippen LogP contribution in [0.15, 0.2) is 18.5 Å². The number of ether oxygens (including phenoxy) is 1. The zero-order valence-electron chi connectivity index (χ0n) is 13.2. The predicted octanol–water partition coefficient (Wildman–Crippen LogP) is 2.31. The van der Waals surface area contributed by atoms with E-state index >= 15 is 0 Å². The molecule has 1 spiro atoms. The van der Waals surface area contributed by atoms with Gasteiger partial charge in [-0.25, -0.2) is 9.97 Å². The second-order valence-electron chi connectivity index (χ2n) is 7.20. The van der Waals surface area contributed by atoms with Gasteiger partial charge in [-0.05, 0) is 50.5 Å². The first-order valence-electron chi connectivity index (χ1n) is 8.72. The van der Waals surface area contributed by atoms with Gasteiger partial charge >= 0.3 is 0 Å². The zero-order chi connectivity index (χ0) is 14.8. The Bertz CT molecular complexity index is 493. The van der Waals surface area contributed by atoms with Crippen LogP contribution in [0, 0.1) is 5.92 Å². The van der Waals surface area contributed by atoms with Gasteiger partial charge in [0.05, 0.1) is 11.7 Å². The van der Waals surface area contributed by atoms with E-state index in [1.165, 1.54) is 45.2 Å². The maximum atomic E-state index is 6.53. The van der Waals surface area contributed by atoms with Gasteiger partial charge in [0, 0.05) is 38.6 Å². The lowest BCUT2D eigenvalue weighted by atomic mass is 9.90. The van der Waals surface area contributed by atoms with Crippen LogP contribution >= 0.6 is 0 Å². The minimum atomic E-state index is 0.122. The summed E-state index contributed by atoms with van der Waals surface area (Å²) < 4.78 is 6.53. The molecule has 3 aliphatic rings. The third-order valence-electron chi connectivity index (χ3n) is 5.24. The van der Waals surface area contributed by atoms with Crippen LogP contribution in [0.3, 0.4) is 0 Å². The van der Waals surface area contributed by atoms with Crippen LogP contribution in [0.1, 0.15) is 38.5 Å². The van der Waals surface area contributed by atoms with E-state index in [1.807, 2.05) is 6.07 Å². The second kappa shape index (κ2) is 6.13. The van der Waals surface area contributed by atoms with Crippen LogP contribution in [-0.2, 0) is 4.74 Å². The van der Waals surface area contributed by atoms with Crippen LogP contribution in [0.4, 0.5) is 5.95 Å². The molecule has 1 aromatic heterocycles. The monoisotopic (exact) mass is 302 g/mol. The number of nitrogens with zero attached hydrogens (tertiary/aromatic N) is 3. The summed E-state index contributed by atoms with van der Waals surface area (Å²) in [6, 6.07) is 1.84. The number of likely N-dealkylation sites (tertiary alicyclic amines) is 1. The van der Waals surface area contributed by atoms with Gasteiger partial charge in [0.15, 0.2) is 0 Å². The van der Waals surface area contributed by atoms with Crippen LogP contribution in [0.25, 0.3) is 0 Å². The van der Waals surface area contributed by atoms with Crippen LogP contribution in [-0.4, -0.2) is 52.8 Å².